The lowest BCUT2D eigenvalue weighted by Gasteiger charge is -2.16. The summed E-state index contributed by atoms with van der Waals surface area (Å²) in [4.78, 5) is 32.5. The van der Waals surface area contributed by atoms with Gasteiger partial charge < -0.3 is 10.0 Å². The molecule has 2 heterocycles. The third-order valence-electron chi connectivity index (χ3n) is 2.47. The number of carboxylic acids is 1. The van der Waals surface area contributed by atoms with Gasteiger partial charge in [-0.15, -0.1) is 11.3 Å². The van der Waals surface area contributed by atoms with Crippen LogP contribution in [0.25, 0.3) is 0 Å². The van der Waals surface area contributed by atoms with E-state index in [0.29, 0.717) is 6.54 Å². The molecule has 0 atom stereocenters. The average Bonchev–Trinajstić information content (AvgIpc) is 2.90. The summed E-state index contributed by atoms with van der Waals surface area (Å²) in [7, 11) is 1.59. The summed E-state index contributed by atoms with van der Waals surface area (Å²) in [6.45, 7) is 0.317. The summed E-state index contributed by atoms with van der Waals surface area (Å²) in [6.07, 6.45) is 1.40. The molecule has 0 unspecified atom stereocenters. The molecule has 1 amide bonds. The third kappa shape index (κ3) is 2.94. The average molecular weight is 277 g/mol. The maximum absolute atomic E-state index is 12.2. The highest BCUT2D eigenvalue weighted by Crippen LogP contribution is 2.11. The van der Waals surface area contributed by atoms with Crippen molar-refractivity contribution in [2.45, 2.75) is 6.54 Å². The largest absolute Gasteiger partial charge is 0.478 e. The molecule has 0 bridgehead atoms. The van der Waals surface area contributed by atoms with Gasteiger partial charge in [-0.1, -0.05) is 0 Å². The van der Waals surface area contributed by atoms with Crippen LogP contribution < -0.4 is 0 Å². The Hall–Kier alpha value is -2.28. The molecule has 0 aliphatic rings. The lowest BCUT2D eigenvalue weighted by molar-refractivity contribution is 0.0678. The van der Waals surface area contributed by atoms with Gasteiger partial charge in [0.1, 0.15) is 5.69 Å². The molecule has 7 heteroatoms. The lowest BCUT2D eigenvalue weighted by atomic mass is 10.2. The zero-order valence-corrected chi connectivity index (χ0v) is 10.9. The van der Waals surface area contributed by atoms with Crippen LogP contribution in [-0.2, 0) is 6.54 Å². The zero-order chi connectivity index (χ0) is 13.8. The van der Waals surface area contributed by atoms with Crippen molar-refractivity contribution < 1.29 is 14.7 Å². The molecule has 2 rings (SSSR count). The summed E-state index contributed by atoms with van der Waals surface area (Å²) in [6, 6.07) is 2.85. The van der Waals surface area contributed by atoms with E-state index in [1.54, 1.807) is 12.6 Å². The Labute approximate surface area is 113 Å². The van der Waals surface area contributed by atoms with Gasteiger partial charge in [0.05, 0.1) is 23.3 Å². The molecule has 0 saturated heterocycles. The molecule has 0 radical (unpaired) electrons. The van der Waals surface area contributed by atoms with E-state index in [4.69, 9.17) is 5.11 Å². The zero-order valence-electron chi connectivity index (χ0n) is 10.1. The number of carboxylic acid groups (broad SMARTS) is 1. The summed E-state index contributed by atoms with van der Waals surface area (Å²) in [5.41, 5.74) is 2.27. The van der Waals surface area contributed by atoms with Crippen molar-refractivity contribution in [3.63, 3.8) is 0 Å². The second-order valence-electron chi connectivity index (χ2n) is 3.85. The van der Waals surface area contributed by atoms with E-state index < -0.39 is 11.9 Å². The molecule has 2 aromatic rings. The molecular formula is C12H11N3O3S. The van der Waals surface area contributed by atoms with Crippen molar-refractivity contribution in [3.8, 4) is 0 Å². The number of carbonyl (C=O) groups excluding carboxylic acids is 1. The number of carbonyl (C=O) groups is 2. The number of amides is 1. The van der Waals surface area contributed by atoms with Crippen molar-refractivity contribution in [2.75, 3.05) is 7.05 Å². The molecule has 98 valence electrons. The van der Waals surface area contributed by atoms with Gasteiger partial charge in [-0.2, -0.15) is 0 Å². The van der Waals surface area contributed by atoms with Crippen molar-refractivity contribution in [1.82, 2.24) is 14.9 Å². The van der Waals surface area contributed by atoms with Crippen LogP contribution >= 0.6 is 11.3 Å². The number of hydrogen-bond donors (Lipinski definition) is 1. The number of hydrogen-bond acceptors (Lipinski definition) is 5. The number of nitrogens with zero attached hydrogens (tertiary/aromatic N) is 3. The fourth-order valence-corrected chi connectivity index (χ4v) is 2.11. The molecule has 19 heavy (non-hydrogen) atoms. The SMILES string of the molecule is CN(Cc1cscn1)C(=O)c1ncccc1C(=O)O. The van der Waals surface area contributed by atoms with Gasteiger partial charge >= 0.3 is 5.97 Å². The minimum Gasteiger partial charge on any atom is -0.478 e. The monoisotopic (exact) mass is 277 g/mol. The molecule has 2 aromatic heterocycles. The van der Waals surface area contributed by atoms with E-state index in [1.165, 1.54) is 34.6 Å². The molecule has 0 fully saturated rings. The third-order valence-corrected chi connectivity index (χ3v) is 3.11. The molecule has 0 aliphatic heterocycles. The Morgan fingerprint density at radius 1 is 1.42 bits per heavy atom. The lowest BCUT2D eigenvalue weighted by Crippen LogP contribution is -2.28. The first-order valence-electron chi connectivity index (χ1n) is 5.40. The van der Waals surface area contributed by atoms with Gasteiger partial charge in [0.25, 0.3) is 5.91 Å². The van der Waals surface area contributed by atoms with Crippen molar-refractivity contribution in [2.24, 2.45) is 0 Å². The topological polar surface area (TPSA) is 83.4 Å². The van der Waals surface area contributed by atoms with Crippen LogP contribution in [0.5, 0.6) is 0 Å². The van der Waals surface area contributed by atoms with Gasteiger partial charge in [0, 0.05) is 18.6 Å². The minimum absolute atomic E-state index is 0.0623. The smallest absolute Gasteiger partial charge is 0.338 e. The number of aromatic nitrogens is 2. The molecule has 0 aliphatic carbocycles. The summed E-state index contributed by atoms with van der Waals surface area (Å²) in [5, 5.41) is 10.9. The number of rotatable bonds is 4. The van der Waals surface area contributed by atoms with Crippen molar-refractivity contribution in [3.05, 3.63) is 46.2 Å². The first-order chi connectivity index (χ1) is 9.09. The molecule has 6 nitrogen and oxygen atoms in total. The van der Waals surface area contributed by atoms with Crippen LogP contribution in [0.4, 0.5) is 0 Å². The Morgan fingerprint density at radius 2 is 2.21 bits per heavy atom. The number of thiazole rings is 1. The van der Waals surface area contributed by atoms with Crippen LogP contribution in [-0.4, -0.2) is 38.9 Å². The van der Waals surface area contributed by atoms with Crippen LogP contribution in [0.1, 0.15) is 26.5 Å². The van der Waals surface area contributed by atoms with E-state index >= 15 is 0 Å². The van der Waals surface area contributed by atoms with Gasteiger partial charge in [-0.25, -0.2) is 9.78 Å². The summed E-state index contributed by atoms with van der Waals surface area (Å²) >= 11 is 1.44. The maximum atomic E-state index is 12.2. The minimum atomic E-state index is -1.17. The molecule has 0 spiro atoms. The number of aromatic carboxylic acids is 1. The fourth-order valence-electron chi connectivity index (χ4n) is 1.56. The van der Waals surface area contributed by atoms with E-state index in [2.05, 4.69) is 9.97 Å². The fraction of sp³-hybridized carbons (Fsp3) is 0.167. The van der Waals surface area contributed by atoms with Crippen LogP contribution in [0, 0.1) is 0 Å². The Morgan fingerprint density at radius 3 is 2.84 bits per heavy atom. The predicted molar refractivity (Wildman–Crippen MR) is 69.1 cm³/mol. The maximum Gasteiger partial charge on any atom is 0.338 e. The van der Waals surface area contributed by atoms with Crippen molar-refractivity contribution in [1.29, 1.82) is 0 Å². The molecule has 0 aromatic carbocycles. The van der Waals surface area contributed by atoms with Gasteiger partial charge in [0.2, 0.25) is 0 Å². The number of pyridine rings is 1. The van der Waals surface area contributed by atoms with E-state index in [9.17, 15) is 9.59 Å². The van der Waals surface area contributed by atoms with Gasteiger partial charge in [-0.05, 0) is 12.1 Å². The van der Waals surface area contributed by atoms with Crippen LogP contribution in [0.3, 0.4) is 0 Å². The Balaban J connectivity index is 2.22. The highest BCUT2D eigenvalue weighted by molar-refractivity contribution is 7.07. The van der Waals surface area contributed by atoms with Gasteiger partial charge in [-0.3, -0.25) is 9.78 Å². The second-order valence-corrected chi connectivity index (χ2v) is 4.56. The Bertz CT molecular complexity index is 598. The molecular weight excluding hydrogens is 266 g/mol. The second kappa shape index (κ2) is 5.57. The molecule has 1 N–H and O–H groups in total. The standard InChI is InChI=1S/C12H11N3O3S/c1-15(5-8-6-19-7-14-8)11(16)10-9(12(17)18)3-2-4-13-10/h2-4,6-7H,5H2,1H3,(H,17,18). The predicted octanol–water partition coefficient (Wildman–Crippen LogP) is 1.51. The van der Waals surface area contributed by atoms with E-state index in [1.807, 2.05) is 5.38 Å². The molecule has 0 saturated carbocycles. The highest BCUT2D eigenvalue weighted by Gasteiger charge is 2.21. The Kier molecular flexibility index (Phi) is 3.86. The first-order valence-corrected chi connectivity index (χ1v) is 6.34. The van der Waals surface area contributed by atoms with Crippen LogP contribution in [0.2, 0.25) is 0 Å². The van der Waals surface area contributed by atoms with E-state index in [-0.39, 0.29) is 11.3 Å². The normalized spacial score (nSPS) is 10.2. The highest BCUT2D eigenvalue weighted by atomic mass is 32.1. The van der Waals surface area contributed by atoms with Crippen LogP contribution in [0.15, 0.2) is 29.2 Å². The quantitative estimate of drug-likeness (QED) is 0.915. The summed E-state index contributed by atoms with van der Waals surface area (Å²) < 4.78 is 0. The van der Waals surface area contributed by atoms with Gasteiger partial charge in [0.15, 0.2) is 0 Å². The first kappa shape index (κ1) is 13.2. The summed E-state index contributed by atoms with van der Waals surface area (Å²) in [5.74, 6) is -1.61. The van der Waals surface area contributed by atoms with Crippen molar-refractivity contribution >= 4 is 23.2 Å². The van der Waals surface area contributed by atoms with E-state index in [0.717, 1.165) is 5.69 Å².